The molecular formula is C14H29O4P. The number of rotatable bonds is 10. The first-order chi connectivity index (χ1) is 8.87. The molecule has 0 aliphatic heterocycles. The number of unbranched alkanes of at least 4 members (excludes halogenated alkanes) is 1. The van der Waals surface area contributed by atoms with E-state index in [9.17, 15) is 9.59 Å². The Kier molecular flexibility index (Phi) is 7.58. The zero-order valence-electron chi connectivity index (χ0n) is 12.8. The van der Waals surface area contributed by atoms with Gasteiger partial charge in [-0.15, -0.1) is 0 Å². The Labute approximate surface area is 116 Å². The van der Waals surface area contributed by atoms with Crippen molar-refractivity contribution in [3.63, 3.8) is 0 Å². The number of carbonyl (C=O) groups is 2. The first kappa shape index (κ1) is 18.4. The van der Waals surface area contributed by atoms with Gasteiger partial charge in [0, 0.05) is 0 Å². The molecule has 0 heterocycles. The van der Waals surface area contributed by atoms with Crippen molar-refractivity contribution in [2.24, 2.45) is 0 Å². The molecule has 0 bridgehead atoms. The van der Waals surface area contributed by atoms with Crippen LogP contribution in [0.3, 0.4) is 0 Å². The molecule has 4 nitrogen and oxygen atoms in total. The van der Waals surface area contributed by atoms with E-state index in [1.807, 2.05) is 0 Å². The van der Waals surface area contributed by atoms with Gasteiger partial charge >= 0.3 is 116 Å². The van der Waals surface area contributed by atoms with Crippen LogP contribution in [-0.2, 0) is 14.1 Å². The van der Waals surface area contributed by atoms with Gasteiger partial charge in [-0.25, -0.2) is 0 Å². The van der Waals surface area contributed by atoms with Crippen LogP contribution in [0.2, 0.25) is 0 Å². The summed E-state index contributed by atoms with van der Waals surface area (Å²) in [6, 6.07) is 0. The summed E-state index contributed by atoms with van der Waals surface area (Å²) in [5.41, 5.74) is 0. The zero-order valence-corrected chi connectivity index (χ0v) is 13.7. The number of carboxylic acid groups (broad SMARTS) is 1. The minimum absolute atomic E-state index is 0.125. The van der Waals surface area contributed by atoms with Gasteiger partial charge < -0.3 is 0 Å². The average molecular weight is 292 g/mol. The molecule has 114 valence electrons. The van der Waals surface area contributed by atoms with Crippen LogP contribution in [0.25, 0.3) is 0 Å². The van der Waals surface area contributed by atoms with Gasteiger partial charge in [0.2, 0.25) is 0 Å². The molecule has 0 aromatic heterocycles. The fourth-order valence-corrected chi connectivity index (χ4v) is 6.35. The average Bonchev–Trinajstić information content (AvgIpc) is 2.42. The quantitative estimate of drug-likeness (QED) is 0.492. The first-order valence-electron chi connectivity index (χ1n) is 7.32. The van der Waals surface area contributed by atoms with E-state index in [2.05, 4.69) is 27.7 Å². The van der Waals surface area contributed by atoms with Gasteiger partial charge in [-0.3, -0.25) is 0 Å². The predicted molar refractivity (Wildman–Crippen MR) is 81.3 cm³/mol. The Morgan fingerprint density at radius 2 is 1.32 bits per heavy atom. The van der Waals surface area contributed by atoms with E-state index >= 15 is 0 Å². The standard InChI is InChI=1S/C14H29O4P/c1-5-19(6-2,7-3,8-4)18-14(17)12-10-9-11-13(15)16/h5-12H2,1-4H3,(H,15,16). The van der Waals surface area contributed by atoms with E-state index in [0.29, 0.717) is 19.3 Å². The number of carboxylic acids is 1. The summed E-state index contributed by atoms with van der Waals surface area (Å²) >= 11 is 0. The Bertz CT molecular complexity index is 287. The molecule has 0 aliphatic rings. The van der Waals surface area contributed by atoms with Crippen LogP contribution >= 0.6 is 6.83 Å². The molecule has 0 radical (unpaired) electrons. The second-order valence-corrected chi connectivity index (χ2v) is 11.6. The summed E-state index contributed by atoms with van der Waals surface area (Å²) in [6.07, 6.45) is 5.36. The fourth-order valence-electron chi connectivity index (χ4n) is 2.48. The van der Waals surface area contributed by atoms with Crippen molar-refractivity contribution in [2.75, 3.05) is 24.6 Å². The zero-order chi connectivity index (χ0) is 15.0. The maximum atomic E-state index is 12.0. The molecule has 0 amide bonds. The summed E-state index contributed by atoms with van der Waals surface area (Å²) < 4.78 is 5.97. The molecule has 0 spiro atoms. The Morgan fingerprint density at radius 3 is 1.68 bits per heavy atom. The van der Waals surface area contributed by atoms with E-state index in [-0.39, 0.29) is 12.4 Å². The normalized spacial score (nSPS) is 13.6. The van der Waals surface area contributed by atoms with Crippen molar-refractivity contribution in [2.45, 2.75) is 53.4 Å². The molecule has 0 saturated heterocycles. The third kappa shape index (κ3) is 5.10. The summed E-state index contributed by atoms with van der Waals surface area (Å²) in [5, 5.41) is 8.55. The summed E-state index contributed by atoms with van der Waals surface area (Å²) in [6.45, 7) is 6.14. The molecule has 5 heteroatoms. The van der Waals surface area contributed by atoms with Gasteiger partial charge in [0.25, 0.3) is 0 Å². The summed E-state index contributed by atoms with van der Waals surface area (Å²) in [7, 11) is 0. The Morgan fingerprint density at radius 1 is 0.895 bits per heavy atom. The number of aliphatic carboxylic acids is 1. The topological polar surface area (TPSA) is 63.6 Å². The number of hydrogen-bond acceptors (Lipinski definition) is 3. The van der Waals surface area contributed by atoms with Gasteiger partial charge in [-0.2, -0.15) is 0 Å². The van der Waals surface area contributed by atoms with Gasteiger partial charge in [0.05, 0.1) is 0 Å². The monoisotopic (exact) mass is 292 g/mol. The van der Waals surface area contributed by atoms with Crippen molar-refractivity contribution in [3.05, 3.63) is 0 Å². The van der Waals surface area contributed by atoms with Crippen LogP contribution in [0.4, 0.5) is 0 Å². The van der Waals surface area contributed by atoms with E-state index in [1.165, 1.54) is 0 Å². The van der Waals surface area contributed by atoms with Gasteiger partial charge in [-0.1, -0.05) is 0 Å². The minimum atomic E-state index is -2.33. The molecule has 1 N–H and O–H groups in total. The van der Waals surface area contributed by atoms with Crippen molar-refractivity contribution in [3.8, 4) is 0 Å². The molecule has 0 aliphatic carbocycles. The van der Waals surface area contributed by atoms with Gasteiger partial charge in [-0.05, 0) is 0 Å². The molecule has 0 fully saturated rings. The van der Waals surface area contributed by atoms with Crippen LogP contribution in [0.5, 0.6) is 0 Å². The Hall–Kier alpha value is -0.630. The van der Waals surface area contributed by atoms with Crippen LogP contribution in [0, 0.1) is 0 Å². The van der Waals surface area contributed by atoms with Crippen molar-refractivity contribution < 1.29 is 19.2 Å². The van der Waals surface area contributed by atoms with Gasteiger partial charge in [0.1, 0.15) is 0 Å². The second kappa shape index (κ2) is 7.84. The molecule has 19 heavy (non-hydrogen) atoms. The summed E-state index contributed by atoms with van der Waals surface area (Å²) in [5.74, 6) is -0.951. The molecule has 0 rings (SSSR count). The SMILES string of the molecule is CCP(CC)(CC)(CC)OC(=O)CCCCC(=O)O. The molecular weight excluding hydrogens is 263 g/mol. The molecule has 0 aromatic carbocycles. The van der Waals surface area contributed by atoms with Crippen LogP contribution in [-0.4, -0.2) is 41.7 Å². The van der Waals surface area contributed by atoms with Gasteiger partial charge in [0.15, 0.2) is 0 Å². The third-order valence-electron chi connectivity index (χ3n) is 4.58. The van der Waals surface area contributed by atoms with E-state index in [1.54, 1.807) is 0 Å². The van der Waals surface area contributed by atoms with E-state index in [0.717, 1.165) is 24.6 Å². The van der Waals surface area contributed by atoms with Crippen LogP contribution in [0.15, 0.2) is 0 Å². The van der Waals surface area contributed by atoms with Crippen LogP contribution < -0.4 is 0 Å². The van der Waals surface area contributed by atoms with Crippen LogP contribution in [0.1, 0.15) is 53.4 Å². The number of carbonyl (C=O) groups excluding carboxylic acids is 1. The van der Waals surface area contributed by atoms with E-state index in [4.69, 9.17) is 9.63 Å². The molecule has 0 atom stereocenters. The number of hydrogen-bond donors (Lipinski definition) is 1. The third-order valence-corrected chi connectivity index (χ3v) is 11.7. The summed E-state index contributed by atoms with van der Waals surface area (Å²) in [4.78, 5) is 22.4. The van der Waals surface area contributed by atoms with Crippen molar-refractivity contribution in [1.82, 2.24) is 0 Å². The second-order valence-electron chi connectivity index (χ2n) is 5.19. The van der Waals surface area contributed by atoms with Crippen molar-refractivity contribution >= 4 is 18.8 Å². The molecule has 0 unspecified atom stereocenters. The fraction of sp³-hybridized carbons (Fsp3) is 0.857. The molecule has 0 aromatic rings. The predicted octanol–water partition coefficient (Wildman–Crippen LogP) is 3.72. The Balaban J connectivity index is 4.45. The van der Waals surface area contributed by atoms with E-state index < -0.39 is 12.8 Å². The first-order valence-corrected chi connectivity index (χ1v) is 10.2. The maximum absolute atomic E-state index is 12.0. The van der Waals surface area contributed by atoms with Crippen molar-refractivity contribution in [1.29, 1.82) is 0 Å². The molecule has 0 saturated carbocycles.